The summed E-state index contributed by atoms with van der Waals surface area (Å²) in [6.45, 7) is 6.62. The van der Waals surface area contributed by atoms with Crippen LogP contribution in [0.2, 0.25) is 0 Å². The van der Waals surface area contributed by atoms with Gasteiger partial charge in [0.1, 0.15) is 0 Å². The van der Waals surface area contributed by atoms with Gasteiger partial charge in [-0.1, -0.05) is 54.1 Å². The zero-order valence-corrected chi connectivity index (χ0v) is 17.6. The van der Waals surface area contributed by atoms with Crippen LogP contribution in [0.4, 0.5) is 5.69 Å². The summed E-state index contributed by atoms with van der Waals surface area (Å²) in [5, 5.41) is 3.00. The summed E-state index contributed by atoms with van der Waals surface area (Å²) in [5.41, 5.74) is 6.95. The molecule has 4 heteroatoms. The molecule has 1 aliphatic rings. The number of nitrogens with one attached hydrogen (secondary N) is 1. The van der Waals surface area contributed by atoms with E-state index in [2.05, 4.69) is 5.32 Å². The van der Waals surface area contributed by atoms with E-state index in [4.69, 9.17) is 0 Å². The van der Waals surface area contributed by atoms with Gasteiger partial charge in [0.05, 0.1) is 12.5 Å². The van der Waals surface area contributed by atoms with Gasteiger partial charge in [0.15, 0.2) is 0 Å². The first-order chi connectivity index (χ1) is 14.4. The molecule has 30 heavy (non-hydrogen) atoms. The van der Waals surface area contributed by atoms with E-state index >= 15 is 0 Å². The molecule has 0 aliphatic carbocycles. The van der Waals surface area contributed by atoms with E-state index < -0.39 is 0 Å². The molecular formula is C26H26N2O2. The van der Waals surface area contributed by atoms with Crippen LogP contribution in [0.5, 0.6) is 0 Å². The molecule has 0 unspecified atom stereocenters. The fourth-order valence-corrected chi connectivity index (χ4v) is 3.93. The Balaban J connectivity index is 1.60. The highest BCUT2D eigenvalue weighted by atomic mass is 16.2. The third-order valence-corrected chi connectivity index (χ3v) is 5.86. The van der Waals surface area contributed by atoms with Crippen LogP contribution in [-0.4, -0.2) is 16.7 Å². The molecule has 3 aromatic rings. The third-order valence-electron chi connectivity index (χ3n) is 5.86. The molecule has 3 aromatic carbocycles. The Labute approximate surface area is 177 Å². The van der Waals surface area contributed by atoms with E-state index in [1.807, 2.05) is 92.4 Å². The Hall–Kier alpha value is -3.40. The van der Waals surface area contributed by atoms with Gasteiger partial charge in [-0.2, -0.15) is 0 Å². The van der Waals surface area contributed by atoms with E-state index in [0.29, 0.717) is 6.54 Å². The molecule has 0 saturated heterocycles. The molecule has 1 atom stereocenters. The Kier molecular flexibility index (Phi) is 5.40. The molecule has 1 aliphatic heterocycles. The van der Waals surface area contributed by atoms with Gasteiger partial charge in [0.25, 0.3) is 5.91 Å². The fourth-order valence-electron chi connectivity index (χ4n) is 3.93. The monoisotopic (exact) mass is 398 g/mol. The molecule has 0 spiro atoms. The molecule has 0 saturated carbocycles. The summed E-state index contributed by atoms with van der Waals surface area (Å²) >= 11 is 0. The maximum absolute atomic E-state index is 13.1. The highest BCUT2D eigenvalue weighted by Gasteiger charge is 2.34. The maximum Gasteiger partial charge on any atom is 0.255 e. The Morgan fingerprint density at radius 2 is 1.70 bits per heavy atom. The van der Waals surface area contributed by atoms with Gasteiger partial charge < -0.3 is 10.2 Å². The Morgan fingerprint density at radius 3 is 2.40 bits per heavy atom. The number of fused-ring (bicyclic) bond motifs is 1. The van der Waals surface area contributed by atoms with E-state index in [1.165, 1.54) is 5.56 Å². The SMILES string of the molecule is Cc1ccc([C@@H](CC(=O)Nc2ccc(C)c(C)c2)N2Cc3ccccc3C2=O)cc1. The average Bonchev–Trinajstić information content (AvgIpc) is 3.06. The number of carbonyl (C=O) groups is 2. The molecule has 1 N–H and O–H groups in total. The summed E-state index contributed by atoms with van der Waals surface area (Å²) in [6.07, 6.45) is 0.204. The number of rotatable bonds is 5. The second-order valence-corrected chi connectivity index (χ2v) is 8.07. The zero-order valence-electron chi connectivity index (χ0n) is 17.6. The van der Waals surface area contributed by atoms with Crippen LogP contribution in [-0.2, 0) is 11.3 Å². The topological polar surface area (TPSA) is 49.4 Å². The van der Waals surface area contributed by atoms with E-state index in [0.717, 1.165) is 33.5 Å². The van der Waals surface area contributed by atoms with Gasteiger partial charge >= 0.3 is 0 Å². The first-order valence-electron chi connectivity index (χ1n) is 10.2. The molecule has 4 nitrogen and oxygen atoms in total. The minimum atomic E-state index is -0.322. The van der Waals surface area contributed by atoms with Crippen molar-refractivity contribution >= 4 is 17.5 Å². The largest absolute Gasteiger partial charge is 0.327 e. The number of aryl methyl sites for hydroxylation is 3. The third kappa shape index (κ3) is 3.99. The molecule has 4 rings (SSSR count). The van der Waals surface area contributed by atoms with Crippen LogP contribution in [0.15, 0.2) is 66.7 Å². The Morgan fingerprint density at radius 1 is 0.967 bits per heavy atom. The lowest BCUT2D eigenvalue weighted by Gasteiger charge is -2.28. The van der Waals surface area contributed by atoms with Crippen molar-refractivity contribution in [1.82, 2.24) is 4.90 Å². The van der Waals surface area contributed by atoms with E-state index in [-0.39, 0.29) is 24.3 Å². The van der Waals surface area contributed by atoms with Crippen molar-refractivity contribution in [2.45, 2.75) is 39.8 Å². The highest BCUT2D eigenvalue weighted by Crippen LogP contribution is 2.34. The average molecular weight is 399 g/mol. The maximum atomic E-state index is 13.1. The van der Waals surface area contributed by atoms with Crippen molar-refractivity contribution in [3.63, 3.8) is 0 Å². The van der Waals surface area contributed by atoms with Crippen LogP contribution in [0.1, 0.15) is 50.6 Å². The lowest BCUT2D eigenvalue weighted by molar-refractivity contribution is -0.117. The van der Waals surface area contributed by atoms with Gasteiger partial charge in [0.2, 0.25) is 5.91 Å². The molecule has 152 valence electrons. The van der Waals surface area contributed by atoms with Gasteiger partial charge in [-0.15, -0.1) is 0 Å². The van der Waals surface area contributed by atoms with Crippen LogP contribution >= 0.6 is 0 Å². The highest BCUT2D eigenvalue weighted by molar-refractivity contribution is 5.99. The van der Waals surface area contributed by atoms with Crippen molar-refractivity contribution in [2.24, 2.45) is 0 Å². The second kappa shape index (κ2) is 8.15. The molecule has 0 fully saturated rings. The van der Waals surface area contributed by atoms with Crippen molar-refractivity contribution in [3.8, 4) is 0 Å². The predicted molar refractivity (Wildman–Crippen MR) is 119 cm³/mol. The van der Waals surface area contributed by atoms with Crippen molar-refractivity contribution in [2.75, 3.05) is 5.32 Å². The molecule has 0 bridgehead atoms. The number of carbonyl (C=O) groups excluding carboxylic acids is 2. The van der Waals surface area contributed by atoms with Crippen LogP contribution in [0.3, 0.4) is 0 Å². The second-order valence-electron chi connectivity index (χ2n) is 8.07. The summed E-state index contributed by atoms with van der Waals surface area (Å²) in [5.74, 6) is -0.122. The minimum Gasteiger partial charge on any atom is -0.327 e. The number of nitrogens with zero attached hydrogens (tertiary/aromatic N) is 1. The van der Waals surface area contributed by atoms with Crippen molar-refractivity contribution in [1.29, 1.82) is 0 Å². The molecule has 2 amide bonds. The van der Waals surface area contributed by atoms with Gasteiger partial charge in [0, 0.05) is 17.8 Å². The normalized spacial score (nSPS) is 13.8. The smallest absolute Gasteiger partial charge is 0.255 e. The quantitative estimate of drug-likeness (QED) is 0.631. The summed E-state index contributed by atoms with van der Waals surface area (Å²) in [4.78, 5) is 27.9. The number of anilines is 1. The van der Waals surface area contributed by atoms with Crippen molar-refractivity contribution < 1.29 is 9.59 Å². The number of hydrogen-bond donors (Lipinski definition) is 1. The first kappa shape index (κ1) is 19.9. The summed E-state index contributed by atoms with van der Waals surface area (Å²) < 4.78 is 0. The molecule has 0 radical (unpaired) electrons. The summed E-state index contributed by atoms with van der Waals surface area (Å²) in [7, 11) is 0. The van der Waals surface area contributed by atoms with Gasteiger partial charge in [-0.3, -0.25) is 9.59 Å². The molecule has 1 heterocycles. The standard InChI is InChI=1S/C26H26N2O2/c1-17-8-11-20(12-9-17)24(28-16-21-6-4-5-7-23(21)26(28)30)15-25(29)27-22-13-10-18(2)19(3)14-22/h4-14,24H,15-16H2,1-3H3,(H,27,29)/t24-/m1/s1. The van der Waals surface area contributed by atoms with E-state index in [1.54, 1.807) is 0 Å². The number of benzene rings is 3. The zero-order chi connectivity index (χ0) is 21.3. The summed E-state index contributed by atoms with van der Waals surface area (Å²) in [6, 6.07) is 21.3. The number of amides is 2. The lowest BCUT2D eigenvalue weighted by Crippen LogP contribution is -2.32. The minimum absolute atomic E-state index is 0.0184. The van der Waals surface area contributed by atoms with Crippen molar-refractivity contribution in [3.05, 3.63) is 100 Å². The van der Waals surface area contributed by atoms with Crippen LogP contribution < -0.4 is 5.32 Å². The number of hydrogen-bond acceptors (Lipinski definition) is 2. The van der Waals surface area contributed by atoms with Crippen LogP contribution in [0.25, 0.3) is 0 Å². The van der Waals surface area contributed by atoms with Gasteiger partial charge in [-0.25, -0.2) is 0 Å². The fraction of sp³-hybridized carbons (Fsp3) is 0.231. The van der Waals surface area contributed by atoms with Gasteiger partial charge in [-0.05, 0) is 61.2 Å². The Bertz CT molecular complexity index is 1100. The molecule has 0 aromatic heterocycles. The molecular weight excluding hydrogens is 372 g/mol. The van der Waals surface area contributed by atoms with Crippen LogP contribution in [0, 0.1) is 20.8 Å². The predicted octanol–water partition coefficient (Wildman–Crippen LogP) is 5.34. The lowest BCUT2D eigenvalue weighted by atomic mass is 10.00. The van der Waals surface area contributed by atoms with E-state index in [9.17, 15) is 9.59 Å². The first-order valence-corrected chi connectivity index (χ1v) is 10.2.